The molecule has 8 nitrogen and oxygen atoms in total. The lowest BCUT2D eigenvalue weighted by Gasteiger charge is -2.33. The zero-order chi connectivity index (χ0) is 18.6. The van der Waals surface area contributed by atoms with Crippen molar-refractivity contribution >= 4 is 21.7 Å². The van der Waals surface area contributed by atoms with Crippen LogP contribution in [0.5, 0.6) is 0 Å². The molecule has 26 heavy (non-hydrogen) atoms. The minimum absolute atomic E-state index is 0.0158. The van der Waals surface area contributed by atoms with E-state index >= 15 is 0 Å². The number of likely N-dealkylation sites (tertiary alicyclic amines) is 1. The van der Waals surface area contributed by atoms with E-state index in [1.165, 1.54) is 24.3 Å². The third kappa shape index (κ3) is 5.41. The average molecular weight is 382 g/mol. The number of amides is 2. The van der Waals surface area contributed by atoms with Crippen molar-refractivity contribution in [2.24, 2.45) is 5.14 Å². The Hall–Kier alpha value is -1.68. The van der Waals surface area contributed by atoms with Crippen molar-refractivity contribution < 1.29 is 17.9 Å². The summed E-state index contributed by atoms with van der Waals surface area (Å²) in [6.45, 7) is 3.76. The first kappa shape index (κ1) is 19.1. The molecule has 144 valence electrons. The maximum atomic E-state index is 12.1. The standard InChI is InChI=1S/C17H26N4O4S/c18-26(23,24)16-5-3-13(4-6-16)19-17(22)20-14-7-9-21(10-8-14)12-15-2-1-11-25-15/h3-6,14-15H,1-2,7-12H2,(H2,18,23,24)(H2,19,20,22). The zero-order valence-electron chi connectivity index (χ0n) is 14.7. The van der Waals surface area contributed by atoms with Crippen molar-refractivity contribution in [1.29, 1.82) is 0 Å². The Morgan fingerprint density at radius 1 is 1.19 bits per heavy atom. The number of carbonyl (C=O) groups excluding carboxylic acids is 1. The number of carbonyl (C=O) groups is 1. The van der Waals surface area contributed by atoms with Crippen molar-refractivity contribution in [3.63, 3.8) is 0 Å². The van der Waals surface area contributed by atoms with Crippen LogP contribution >= 0.6 is 0 Å². The number of benzene rings is 1. The van der Waals surface area contributed by atoms with Crippen molar-refractivity contribution in [2.45, 2.75) is 42.7 Å². The fraction of sp³-hybridized carbons (Fsp3) is 0.588. The summed E-state index contributed by atoms with van der Waals surface area (Å²) >= 11 is 0. The van der Waals surface area contributed by atoms with Gasteiger partial charge in [0.15, 0.2) is 0 Å². The fourth-order valence-corrected chi connectivity index (χ4v) is 3.93. The number of sulfonamides is 1. The van der Waals surface area contributed by atoms with Gasteiger partial charge in [-0.2, -0.15) is 0 Å². The summed E-state index contributed by atoms with van der Waals surface area (Å²) in [5.74, 6) is 0. The number of hydrogen-bond acceptors (Lipinski definition) is 5. The molecule has 2 aliphatic heterocycles. The summed E-state index contributed by atoms with van der Waals surface area (Å²) in [6, 6.07) is 5.63. The number of ether oxygens (including phenoxy) is 1. The molecule has 2 saturated heterocycles. The summed E-state index contributed by atoms with van der Waals surface area (Å²) in [7, 11) is -3.73. The lowest BCUT2D eigenvalue weighted by molar-refractivity contribution is 0.0633. The molecule has 3 rings (SSSR count). The number of rotatable bonds is 5. The lowest BCUT2D eigenvalue weighted by Crippen LogP contribution is -2.47. The van der Waals surface area contributed by atoms with E-state index in [1.54, 1.807) is 0 Å². The summed E-state index contributed by atoms with van der Waals surface area (Å²) in [6.07, 6.45) is 4.48. The van der Waals surface area contributed by atoms with Crippen LogP contribution in [0.4, 0.5) is 10.5 Å². The van der Waals surface area contributed by atoms with Crippen LogP contribution in [0, 0.1) is 0 Å². The molecule has 1 aromatic rings. The molecule has 2 heterocycles. The van der Waals surface area contributed by atoms with Crippen LogP contribution in [0.3, 0.4) is 0 Å². The summed E-state index contributed by atoms with van der Waals surface area (Å²) in [5.41, 5.74) is 0.519. The van der Waals surface area contributed by atoms with Gasteiger partial charge >= 0.3 is 6.03 Å². The molecule has 2 aliphatic rings. The molecular weight excluding hydrogens is 356 g/mol. The van der Waals surface area contributed by atoms with E-state index in [1.807, 2.05) is 0 Å². The predicted molar refractivity (Wildman–Crippen MR) is 98.4 cm³/mol. The molecule has 0 aromatic heterocycles. The van der Waals surface area contributed by atoms with Gasteiger partial charge in [0.2, 0.25) is 10.0 Å². The Bertz CT molecular complexity index is 709. The molecule has 0 bridgehead atoms. The van der Waals surface area contributed by atoms with E-state index in [2.05, 4.69) is 15.5 Å². The summed E-state index contributed by atoms with van der Waals surface area (Å²) < 4.78 is 28.1. The molecule has 4 N–H and O–H groups in total. The first-order chi connectivity index (χ1) is 12.4. The second-order valence-corrected chi connectivity index (χ2v) is 8.44. The smallest absolute Gasteiger partial charge is 0.319 e. The Morgan fingerprint density at radius 3 is 2.46 bits per heavy atom. The highest BCUT2D eigenvalue weighted by molar-refractivity contribution is 7.89. The zero-order valence-corrected chi connectivity index (χ0v) is 15.5. The largest absolute Gasteiger partial charge is 0.377 e. The van der Waals surface area contributed by atoms with Crippen LogP contribution in [0.1, 0.15) is 25.7 Å². The minimum Gasteiger partial charge on any atom is -0.377 e. The van der Waals surface area contributed by atoms with Crippen molar-refractivity contribution in [1.82, 2.24) is 10.2 Å². The Labute approximate surface area is 154 Å². The van der Waals surface area contributed by atoms with Crippen LogP contribution in [0.15, 0.2) is 29.2 Å². The molecule has 9 heteroatoms. The monoisotopic (exact) mass is 382 g/mol. The van der Waals surface area contributed by atoms with E-state index in [-0.39, 0.29) is 17.0 Å². The number of primary sulfonamides is 1. The van der Waals surface area contributed by atoms with Crippen molar-refractivity contribution in [2.75, 3.05) is 31.6 Å². The van der Waals surface area contributed by atoms with Gasteiger partial charge in [0.05, 0.1) is 11.0 Å². The number of piperidine rings is 1. The fourth-order valence-electron chi connectivity index (χ4n) is 3.42. The van der Waals surface area contributed by atoms with Gasteiger partial charge < -0.3 is 20.3 Å². The predicted octanol–water partition coefficient (Wildman–Crippen LogP) is 1.10. The molecule has 2 fully saturated rings. The van der Waals surface area contributed by atoms with Crippen LogP contribution in [0.25, 0.3) is 0 Å². The number of nitrogens with two attached hydrogens (primary N) is 1. The molecule has 0 radical (unpaired) electrons. The van der Waals surface area contributed by atoms with Gasteiger partial charge in [0.1, 0.15) is 0 Å². The van der Waals surface area contributed by atoms with Gasteiger partial charge in [-0.15, -0.1) is 0 Å². The molecular formula is C17H26N4O4S. The number of urea groups is 1. The van der Waals surface area contributed by atoms with E-state index in [4.69, 9.17) is 9.88 Å². The molecule has 0 saturated carbocycles. The third-order valence-electron chi connectivity index (χ3n) is 4.85. The summed E-state index contributed by atoms with van der Waals surface area (Å²) in [5, 5.41) is 10.7. The quantitative estimate of drug-likeness (QED) is 0.706. The third-order valence-corrected chi connectivity index (χ3v) is 5.78. The lowest BCUT2D eigenvalue weighted by atomic mass is 10.0. The first-order valence-electron chi connectivity index (χ1n) is 8.94. The van der Waals surface area contributed by atoms with Gasteiger partial charge in [0, 0.05) is 38.0 Å². The minimum atomic E-state index is -3.73. The SMILES string of the molecule is NS(=O)(=O)c1ccc(NC(=O)NC2CCN(CC3CCCO3)CC2)cc1. The van der Waals surface area contributed by atoms with Gasteiger partial charge in [-0.1, -0.05) is 0 Å². The van der Waals surface area contributed by atoms with Crippen molar-refractivity contribution in [3.05, 3.63) is 24.3 Å². The molecule has 1 unspecified atom stereocenters. The highest BCUT2D eigenvalue weighted by Crippen LogP contribution is 2.17. The van der Waals surface area contributed by atoms with Gasteiger partial charge in [-0.05, 0) is 49.9 Å². The van der Waals surface area contributed by atoms with Crippen LogP contribution in [-0.2, 0) is 14.8 Å². The van der Waals surface area contributed by atoms with Crippen LogP contribution in [-0.4, -0.2) is 57.7 Å². The van der Waals surface area contributed by atoms with Gasteiger partial charge in [-0.3, -0.25) is 0 Å². The van der Waals surface area contributed by atoms with Crippen molar-refractivity contribution in [3.8, 4) is 0 Å². The molecule has 1 aromatic carbocycles. The second kappa shape index (κ2) is 8.34. The Morgan fingerprint density at radius 2 is 1.88 bits per heavy atom. The van der Waals surface area contributed by atoms with Crippen LogP contribution < -0.4 is 15.8 Å². The van der Waals surface area contributed by atoms with Gasteiger partial charge in [0.25, 0.3) is 0 Å². The molecule has 2 amide bonds. The van der Waals surface area contributed by atoms with E-state index < -0.39 is 10.0 Å². The number of hydrogen-bond donors (Lipinski definition) is 3. The normalized spacial score (nSPS) is 22.3. The second-order valence-electron chi connectivity index (χ2n) is 6.88. The van der Waals surface area contributed by atoms with Gasteiger partial charge in [-0.25, -0.2) is 18.4 Å². The van der Waals surface area contributed by atoms with E-state index in [9.17, 15) is 13.2 Å². The maximum absolute atomic E-state index is 12.1. The van der Waals surface area contributed by atoms with E-state index in [0.29, 0.717) is 11.8 Å². The van der Waals surface area contributed by atoms with Crippen LogP contribution in [0.2, 0.25) is 0 Å². The molecule has 0 aliphatic carbocycles. The molecule has 0 spiro atoms. The molecule has 1 atom stereocenters. The van der Waals surface area contributed by atoms with E-state index in [0.717, 1.165) is 51.9 Å². The average Bonchev–Trinajstić information content (AvgIpc) is 3.09. The number of nitrogens with one attached hydrogen (secondary N) is 2. The Balaban J connectivity index is 1.41. The number of anilines is 1. The summed E-state index contributed by atoms with van der Waals surface area (Å²) in [4.78, 5) is 14.5. The highest BCUT2D eigenvalue weighted by Gasteiger charge is 2.24. The topological polar surface area (TPSA) is 114 Å². The Kier molecular flexibility index (Phi) is 6.13. The first-order valence-corrected chi connectivity index (χ1v) is 10.5. The maximum Gasteiger partial charge on any atom is 0.319 e. The highest BCUT2D eigenvalue weighted by atomic mass is 32.2. The number of nitrogens with zero attached hydrogens (tertiary/aromatic N) is 1.